The third kappa shape index (κ3) is 3.07. The molecular formula is C17H21N3O4S. The minimum absolute atomic E-state index is 0.168. The number of benzene rings is 1. The Kier molecular flexibility index (Phi) is 4.66. The summed E-state index contributed by atoms with van der Waals surface area (Å²) in [7, 11) is -2.22. The number of Topliss-reactive ketones (excluding diaryl/α,β-unsaturated/α-hetero) is 1. The Morgan fingerprint density at radius 3 is 2.52 bits per heavy atom. The molecule has 8 heteroatoms. The molecule has 1 saturated heterocycles. The number of carbonyl (C=O) groups is 1. The highest BCUT2D eigenvalue weighted by Crippen LogP contribution is 2.30. The summed E-state index contributed by atoms with van der Waals surface area (Å²) in [6, 6.07) is 6.04. The number of ketones is 1. The first-order valence-corrected chi connectivity index (χ1v) is 9.52. The van der Waals surface area contributed by atoms with Gasteiger partial charge < -0.3 is 4.74 Å². The number of aromatic amines is 1. The summed E-state index contributed by atoms with van der Waals surface area (Å²) < 4.78 is 32.6. The summed E-state index contributed by atoms with van der Waals surface area (Å²) >= 11 is 0. The molecular weight excluding hydrogens is 342 g/mol. The van der Waals surface area contributed by atoms with Crippen LogP contribution in [0.25, 0.3) is 0 Å². The number of carbonyl (C=O) groups excluding carboxylic acids is 1. The monoisotopic (exact) mass is 363 g/mol. The zero-order valence-electron chi connectivity index (χ0n) is 14.4. The predicted octanol–water partition coefficient (Wildman–Crippen LogP) is 2.07. The number of nitrogens with one attached hydrogen (secondary N) is 1. The normalized spacial score (nSPS) is 18.4. The molecule has 1 atom stereocenters. The molecule has 0 amide bonds. The maximum absolute atomic E-state index is 13.1. The summed E-state index contributed by atoms with van der Waals surface area (Å²) in [5, 5.41) is 6.67. The Labute approximate surface area is 147 Å². The van der Waals surface area contributed by atoms with Crippen LogP contribution in [0.3, 0.4) is 0 Å². The fraction of sp³-hybridized carbons (Fsp3) is 0.412. The van der Waals surface area contributed by atoms with E-state index in [-0.39, 0.29) is 10.7 Å². The van der Waals surface area contributed by atoms with Gasteiger partial charge in [0.15, 0.2) is 5.78 Å². The zero-order valence-corrected chi connectivity index (χ0v) is 15.3. The second-order valence-electron chi connectivity index (χ2n) is 6.13. The molecule has 1 unspecified atom stereocenters. The van der Waals surface area contributed by atoms with Crippen LogP contribution >= 0.6 is 0 Å². The second-order valence-corrected chi connectivity index (χ2v) is 7.96. The molecule has 1 aromatic carbocycles. The lowest BCUT2D eigenvalue weighted by Gasteiger charge is -2.23. The number of methoxy groups -OCH3 is 1. The third-order valence-electron chi connectivity index (χ3n) is 4.51. The van der Waals surface area contributed by atoms with Gasteiger partial charge in [0, 0.05) is 12.1 Å². The molecule has 2 heterocycles. The Bertz CT molecular complexity index is 868. The van der Waals surface area contributed by atoms with Crippen LogP contribution in [-0.2, 0) is 10.0 Å². The second kappa shape index (κ2) is 6.61. The standard InChI is InChI=1S/C17H21N3O4S/c1-11-17(12(2)19-18-11)25(22,23)20-10-4-5-15(20)16(21)13-6-8-14(24-3)9-7-13/h6-9,15H,4-5,10H2,1-3H3,(H,18,19). The van der Waals surface area contributed by atoms with E-state index in [4.69, 9.17) is 4.74 Å². The first-order chi connectivity index (χ1) is 11.9. The highest BCUT2D eigenvalue weighted by Gasteiger charge is 2.41. The van der Waals surface area contributed by atoms with Gasteiger partial charge in [-0.15, -0.1) is 0 Å². The molecule has 7 nitrogen and oxygen atoms in total. The summed E-state index contributed by atoms with van der Waals surface area (Å²) in [6.45, 7) is 3.65. The van der Waals surface area contributed by atoms with E-state index in [0.717, 1.165) is 0 Å². The van der Waals surface area contributed by atoms with E-state index in [2.05, 4.69) is 10.2 Å². The largest absolute Gasteiger partial charge is 0.497 e. The van der Waals surface area contributed by atoms with Crippen molar-refractivity contribution >= 4 is 15.8 Å². The van der Waals surface area contributed by atoms with E-state index in [0.29, 0.717) is 42.1 Å². The number of hydrogen-bond acceptors (Lipinski definition) is 5. The van der Waals surface area contributed by atoms with E-state index in [1.165, 1.54) is 4.31 Å². The summed E-state index contributed by atoms with van der Waals surface area (Å²) in [6.07, 6.45) is 1.17. The molecule has 1 N–H and O–H groups in total. The van der Waals surface area contributed by atoms with Crippen LogP contribution in [0, 0.1) is 13.8 Å². The Balaban J connectivity index is 1.93. The van der Waals surface area contributed by atoms with Crippen molar-refractivity contribution in [2.45, 2.75) is 37.6 Å². The molecule has 1 aromatic heterocycles. The predicted molar refractivity (Wildman–Crippen MR) is 92.3 cm³/mol. The van der Waals surface area contributed by atoms with Crippen molar-refractivity contribution in [1.82, 2.24) is 14.5 Å². The van der Waals surface area contributed by atoms with Crippen molar-refractivity contribution in [3.05, 3.63) is 41.2 Å². The van der Waals surface area contributed by atoms with Gasteiger partial charge in [0.1, 0.15) is 10.6 Å². The average Bonchev–Trinajstić information content (AvgIpc) is 3.22. The van der Waals surface area contributed by atoms with Crippen LogP contribution in [-0.4, -0.2) is 48.4 Å². The van der Waals surface area contributed by atoms with Crippen molar-refractivity contribution < 1.29 is 17.9 Å². The molecule has 0 saturated carbocycles. The van der Waals surface area contributed by atoms with Crippen molar-refractivity contribution in [2.75, 3.05) is 13.7 Å². The van der Waals surface area contributed by atoms with Crippen molar-refractivity contribution in [2.24, 2.45) is 0 Å². The van der Waals surface area contributed by atoms with Gasteiger partial charge in [-0.1, -0.05) is 0 Å². The van der Waals surface area contributed by atoms with Gasteiger partial charge in [-0.2, -0.15) is 9.40 Å². The molecule has 134 valence electrons. The summed E-state index contributed by atoms with van der Waals surface area (Å²) in [5.74, 6) is 0.458. The van der Waals surface area contributed by atoms with E-state index >= 15 is 0 Å². The summed E-state index contributed by atoms with van der Waals surface area (Å²) in [5.41, 5.74) is 1.38. The number of aryl methyl sites for hydroxylation is 2. The molecule has 25 heavy (non-hydrogen) atoms. The molecule has 0 aliphatic carbocycles. The van der Waals surface area contributed by atoms with Crippen molar-refractivity contribution in [3.63, 3.8) is 0 Å². The van der Waals surface area contributed by atoms with E-state index in [9.17, 15) is 13.2 Å². The molecule has 0 bridgehead atoms. The molecule has 1 aliphatic heterocycles. The van der Waals surface area contributed by atoms with Gasteiger partial charge in [0.2, 0.25) is 10.0 Å². The number of nitrogens with zero attached hydrogens (tertiary/aromatic N) is 2. The van der Waals surface area contributed by atoms with Gasteiger partial charge in [0.05, 0.1) is 24.5 Å². The molecule has 2 aromatic rings. The fourth-order valence-electron chi connectivity index (χ4n) is 3.28. The van der Waals surface area contributed by atoms with E-state index in [1.807, 2.05) is 0 Å². The van der Waals surface area contributed by atoms with Crippen LogP contribution < -0.4 is 4.74 Å². The maximum atomic E-state index is 13.1. The number of hydrogen-bond donors (Lipinski definition) is 1. The zero-order chi connectivity index (χ0) is 18.2. The minimum Gasteiger partial charge on any atom is -0.497 e. The van der Waals surface area contributed by atoms with Gasteiger partial charge >= 0.3 is 0 Å². The molecule has 0 radical (unpaired) electrons. The van der Waals surface area contributed by atoms with Crippen LogP contribution in [0.1, 0.15) is 34.6 Å². The van der Waals surface area contributed by atoms with Crippen molar-refractivity contribution in [1.29, 1.82) is 0 Å². The fourth-order valence-corrected chi connectivity index (χ4v) is 5.27. The third-order valence-corrected chi connectivity index (χ3v) is 6.68. The SMILES string of the molecule is COc1ccc(C(=O)C2CCCN2S(=O)(=O)c2c(C)n[nH]c2C)cc1. The van der Waals surface area contributed by atoms with Crippen LogP contribution in [0.15, 0.2) is 29.2 Å². The highest BCUT2D eigenvalue weighted by molar-refractivity contribution is 7.89. The number of H-pyrrole nitrogens is 1. The van der Waals surface area contributed by atoms with Gasteiger partial charge in [-0.3, -0.25) is 9.89 Å². The van der Waals surface area contributed by atoms with Gasteiger partial charge in [-0.05, 0) is 51.0 Å². The Morgan fingerprint density at radius 1 is 1.28 bits per heavy atom. The van der Waals surface area contributed by atoms with Crippen molar-refractivity contribution in [3.8, 4) is 5.75 Å². The molecule has 1 fully saturated rings. The smallest absolute Gasteiger partial charge is 0.247 e. The lowest BCUT2D eigenvalue weighted by Crippen LogP contribution is -2.40. The van der Waals surface area contributed by atoms with E-state index in [1.54, 1.807) is 45.2 Å². The molecule has 1 aliphatic rings. The minimum atomic E-state index is -3.78. The van der Waals surface area contributed by atoms with E-state index < -0.39 is 16.1 Å². The lowest BCUT2D eigenvalue weighted by molar-refractivity contribution is 0.0918. The summed E-state index contributed by atoms with van der Waals surface area (Å²) in [4.78, 5) is 13.0. The average molecular weight is 363 g/mol. The number of ether oxygens (including phenoxy) is 1. The number of aromatic nitrogens is 2. The Morgan fingerprint density at radius 2 is 1.96 bits per heavy atom. The number of sulfonamides is 1. The van der Waals surface area contributed by atoms with Crippen LogP contribution in [0.5, 0.6) is 5.75 Å². The topological polar surface area (TPSA) is 92.4 Å². The molecule has 3 rings (SSSR count). The van der Waals surface area contributed by atoms with Crippen LogP contribution in [0.2, 0.25) is 0 Å². The molecule has 0 spiro atoms. The Hall–Kier alpha value is -2.19. The highest BCUT2D eigenvalue weighted by atomic mass is 32.2. The van der Waals surface area contributed by atoms with Gasteiger partial charge in [-0.25, -0.2) is 8.42 Å². The quantitative estimate of drug-likeness (QED) is 0.821. The van der Waals surface area contributed by atoms with Gasteiger partial charge in [0.25, 0.3) is 0 Å². The van der Waals surface area contributed by atoms with Crippen LogP contribution in [0.4, 0.5) is 0 Å². The first kappa shape index (κ1) is 17.6. The first-order valence-electron chi connectivity index (χ1n) is 8.08. The maximum Gasteiger partial charge on any atom is 0.247 e. The lowest BCUT2D eigenvalue weighted by atomic mass is 10.0. The number of rotatable bonds is 5.